The van der Waals surface area contributed by atoms with Crippen molar-refractivity contribution in [3.05, 3.63) is 60.7 Å². The van der Waals surface area contributed by atoms with Crippen molar-refractivity contribution in [2.45, 2.75) is 39.3 Å². The van der Waals surface area contributed by atoms with Crippen LogP contribution in [0, 0.1) is 0 Å². The summed E-state index contributed by atoms with van der Waals surface area (Å²) >= 11 is 0. The van der Waals surface area contributed by atoms with Crippen molar-refractivity contribution >= 4 is 44.6 Å². The van der Waals surface area contributed by atoms with Crippen LogP contribution in [0.4, 0.5) is 0 Å². The van der Waals surface area contributed by atoms with Crippen LogP contribution >= 0.6 is 0 Å². The molecule has 4 nitrogen and oxygen atoms in total. The second-order valence-electron chi connectivity index (χ2n) is 7.83. The highest BCUT2D eigenvalue weighted by Gasteiger charge is 2.55. The second kappa shape index (κ2) is 6.95. The standard InChI is InChI=1S/C18H28O4Si4/c1-23(2)19-24(3,4)21-26(6,18-15-11-8-12-16-18)22-25(5,20-23)17-13-9-7-10-14-17/h7-16H,1-6H3/t25-,26-/m0/s1. The lowest BCUT2D eigenvalue weighted by molar-refractivity contribution is 0.246. The van der Waals surface area contributed by atoms with E-state index in [4.69, 9.17) is 16.5 Å². The Balaban J connectivity index is 2.11. The molecule has 8 heteroatoms. The van der Waals surface area contributed by atoms with E-state index in [9.17, 15) is 0 Å². The van der Waals surface area contributed by atoms with Crippen molar-refractivity contribution in [1.29, 1.82) is 0 Å². The molecule has 0 N–H and O–H groups in total. The van der Waals surface area contributed by atoms with E-state index in [1.54, 1.807) is 0 Å². The molecule has 0 radical (unpaired) electrons. The van der Waals surface area contributed by atoms with Gasteiger partial charge in [-0.25, -0.2) is 0 Å². The molecular formula is C18H28O4Si4. The van der Waals surface area contributed by atoms with Crippen molar-refractivity contribution in [2.75, 3.05) is 0 Å². The molecule has 0 spiro atoms. The van der Waals surface area contributed by atoms with Gasteiger partial charge in [-0.1, -0.05) is 60.7 Å². The third-order valence-electron chi connectivity index (χ3n) is 4.36. The molecule has 1 saturated heterocycles. The predicted molar refractivity (Wildman–Crippen MR) is 115 cm³/mol. The fourth-order valence-corrected chi connectivity index (χ4v) is 24.6. The highest BCUT2D eigenvalue weighted by molar-refractivity contribution is 7.00. The summed E-state index contributed by atoms with van der Waals surface area (Å²) in [5.41, 5.74) is 0. The Morgan fingerprint density at radius 3 is 1.15 bits per heavy atom. The van der Waals surface area contributed by atoms with Gasteiger partial charge in [0.2, 0.25) is 0 Å². The van der Waals surface area contributed by atoms with Gasteiger partial charge < -0.3 is 16.5 Å². The molecule has 26 heavy (non-hydrogen) atoms. The van der Waals surface area contributed by atoms with Gasteiger partial charge in [-0.2, -0.15) is 0 Å². The van der Waals surface area contributed by atoms with Gasteiger partial charge in [0.15, 0.2) is 0 Å². The van der Waals surface area contributed by atoms with Crippen molar-refractivity contribution < 1.29 is 16.5 Å². The quantitative estimate of drug-likeness (QED) is 0.698. The zero-order valence-corrected chi connectivity index (χ0v) is 20.4. The average molecular weight is 421 g/mol. The number of hydrogen-bond donors (Lipinski definition) is 0. The molecule has 0 unspecified atom stereocenters. The molecule has 1 aliphatic rings. The van der Waals surface area contributed by atoms with Crippen LogP contribution in [-0.2, 0) is 16.5 Å². The molecule has 2 aromatic rings. The van der Waals surface area contributed by atoms with Crippen molar-refractivity contribution in [2.24, 2.45) is 0 Å². The van der Waals surface area contributed by atoms with Gasteiger partial charge in [0.05, 0.1) is 0 Å². The first-order valence-corrected chi connectivity index (χ1v) is 19.2. The van der Waals surface area contributed by atoms with Gasteiger partial charge in [-0.3, -0.25) is 0 Å². The molecule has 3 rings (SSSR count). The minimum atomic E-state index is -2.72. The normalized spacial score (nSPS) is 31.0. The van der Waals surface area contributed by atoms with Crippen LogP contribution in [0.5, 0.6) is 0 Å². The maximum atomic E-state index is 6.93. The van der Waals surface area contributed by atoms with Gasteiger partial charge in [-0.05, 0) is 49.7 Å². The Hall–Kier alpha value is -0.852. The number of benzene rings is 2. The first-order valence-electron chi connectivity index (χ1n) is 8.95. The van der Waals surface area contributed by atoms with Crippen LogP contribution < -0.4 is 10.4 Å². The van der Waals surface area contributed by atoms with E-state index in [1.807, 2.05) is 36.4 Å². The number of rotatable bonds is 2. The van der Waals surface area contributed by atoms with Crippen LogP contribution in [0.15, 0.2) is 60.7 Å². The third-order valence-corrected chi connectivity index (χ3v) is 21.2. The van der Waals surface area contributed by atoms with Gasteiger partial charge in [0.25, 0.3) is 0 Å². The molecule has 2 atom stereocenters. The first-order chi connectivity index (χ1) is 12.0. The Bertz CT molecular complexity index is 693. The highest BCUT2D eigenvalue weighted by Crippen LogP contribution is 2.30. The van der Waals surface area contributed by atoms with Gasteiger partial charge in [0, 0.05) is 0 Å². The smallest absolute Gasteiger partial charge is 0.351 e. The molecule has 140 valence electrons. The van der Waals surface area contributed by atoms with Crippen molar-refractivity contribution in [3.63, 3.8) is 0 Å². The molecule has 0 bridgehead atoms. The summed E-state index contributed by atoms with van der Waals surface area (Å²) in [7, 11) is -10.2. The van der Waals surface area contributed by atoms with Crippen LogP contribution in [-0.4, -0.2) is 34.2 Å². The van der Waals surface area contributed by atoms with Gasteiger partial charge in [0.1, 0.15) is 0 Å². The van der Waals surface area contributed by atoms with Crippen LogP contribution in [0.3, 0.4) is 0 Å². The van der Waals surface area contributed by atoms with Crippen molar-refractivity contribution in [1.82, 2.24) is 0 Å². The van der Waals surface area contributed by atoms with E-state index in [0.717, 1.165) is 10.4 Å². The third kappa shape index (κ3) is 4.34. The Morgan fingerprint density at radius 1 is 0.462 bits per heavy atom. The lowest BCUT2D eigenvalue weighted by Gasteiger charge is -2.48. The van der Waals surface area contributed by atoms with E-state index in [0.29, 0.717) is 0 Å². The zero-order chi connectivity index (χ0) is 19.1. The minimum Gasteiger partial charge on any atom is -0.416 e. The zero-order valence-electron chi connectivity index (χ0n) is 16.4. The van der Waals surface area contributed by atoms with E-state index >= 15 is 0 Å². The fourth-order valence-electron chi connectivity index (χ4n) is 3.70. The lowest BCUT2D eigenvalue weighted by atomic mass is 10.4. The molecule has 1 heterocycles. The Morgan fingerprint density at radius 2 is 0.808 bits per heavy atom. The molecule has 1 aliphatic heterocycles. The van der Waals surface area contributed by atoms with E-state index in [-0.39, 0.29) is 0 Å². The van der Waals surface area contributed by atoms with E-state index in [1.165, 1.54) is 0 Å². The molecule has 2 aromatic carbocycles. The molecule has 1 fully saturated rings. The summed E-state index contributed by atoms with van der Waals surface area (Å²) in [6, 6.07) is 20.6. The summed E-state index contributed by atoms with van der Waals surface area (Å²) in [5, 5.41) is 2.23. The van der Waals surface area contributed by atoms with E-state index < -0.39 is 34.2 Å². The maximum Gasteiger partial charge on any atom is 0.351 e. The molecule has 0 aromatic heterocycles. The largest absolute Gasteiger partial charge is 0.416 e. The average Bonchev–Trinajstić information content (AvgIpc) is 2.53. The first kappa shape index (κ1) is 19.9. The summed E-state index contributed by atoms with van der Waals surface area (Å²) in [6.45, 7) is 12.6. The molecule has 0 aliphatic carbocycles. The van der Waals surface area contributed by atoms with E-state index in [2.05, 4.69) is 63.5 Å². The lowest BCUT2D eigenvalue weighted by Crippen LogP contribution is -2.72. The fraction of sp³-hybridized carbons (Fsp3) is 0.333. The Kier molecular flexibility index (Phi) is 5.32. The highest BCUT2D eigenvalue weighted by atomic mass is 28.5. The van der Waals surface area contributed by atoms with Crippen LogP contribution in [0.1, 0.15) is 0 Å². The predicted octanol–water partition coefficient (Wildman–Crippen LogP) is 3.43. The second-order valence-corrected chi connectivity index (χ2v) is 21.6. The SMILES string of the molecule is C[Si]1(C)O[Si](C)(C)O[Si@](C)(c2ccccc2)O[Si@@](C)(c2ccccc2)O1. The monoisotopic (exact) mass is 420 g/mol. The van der Waals surface area contributed by atoms with Crippen molar-refractivity contribution in [3.8, 4) is 0 Å². The van der Waals surface area contributed by atoms with Crippen LogP contribution in [0.2, 0.25) is 39.3 Å². The minimum absolute atomic E-state index is 1.11. The molecule has 0 amide bonds. The molecule has 0 saturated carbocycles. The summed E-state index contributed by atoms with van der Waals surface area (Å²) in [5.74, 6) is 0. The van der Waals surface area contributed by atoms with Gasteiger partial charge >= 0.3 is 34.2 Å². The topological polar surface area (TPSA) is 36.9 Å². The van der Waals surface area contributed by atoms with Crippen LogP contribution in [0.25, 0.3) is 0 Å². The summed E-state index contributed by atoms with van der Waals surface area (Å²) in [4.78, 5) is 0. The summed E-state index contributed by atoms with van der Waals surface area (Å²) in [6.07, 6.45) is 0. The maximum absolute atomic E-state index is 6.93. The number of hydrogen-bond acceptors (Lipinski definition) is 4. The molecular weight excluding hydrogens is 393 g/mol. The summed E-state index contributed by atoms with van der Waals surface area (Å²) < 4.78 is 26.9. The Labute approximate surface area is 161 Å². The van der Waals surface area contributed by atoms with Gasteiger partial charge in [-0.15, -0.1) is 0 Å².